The van der Waals surface area contributed by atoms with Crippen molar-refractivity contribution in [2.75, 3.05) is 32.7 Å². The molecule has 1 aliphatic heterocycles. The Kier molecular flexibility index (Phi) is 6.42. The minimum Gasteiger partial charge on any atom is -0.343 e. The van der Waals surface area contributed by atoms with Crippen molar-refractivity contribution in [2.45, 2.75) is 4.90 Å². The van der Waals surface area contributed by atoms with Gasteiger partial charge in [0.05, 0.1) is 12.1 Å². The van der Waals surface area contributed by atoms with Crippen LogP contribution in [0.5, 0.6) is 0 Å². The number of sulfonamides is 1. The molecule has 11 heteroatoms. The van der Waals surface area contributed by atoms with Gasteiger partial charge in [0.1, 0.15) is 22.3 Å². The van der Waals surface area contributed by atoms with Crippen molar-refractivity contribution >= 4 is 21.8 Å². The third kappa shape index (κ3) is 4.62. The number of carbonyl (C=O) groups is 2. The number of nitrogens with one attached hydrogen (secondary N) is 1. The molecule has 0 bridgehead atoms. The summed E-state index contributed by atoms with van der Waals surface area (Å²) in [6.45, 7) is -0.414. The van der Waals surface area contributed by atoms with Crippen LogP contribution in [0.4, 0.5) is 13.2 Å². The average molecular weight is 441 g/mol. The zero-order chi connectivity index (χ0) is 21.9. The van der Waals surface area contributed by atoms with E-state index in [2.05, 4.69) is 5.32 Å². The van der Waals surface area contributed by atoms with Crippen LogP contribution in [-0.2, 0) is 14.8 Å². The van der Waals surface area contributed by atoms with E-state index in [9.17, 15) is 31.2 Å². The Bertz CT molecular complexity index is 1070. The minimum absolute atomic E-state index is 0.0387. The molecule has 1 fully saturated rings. The number of hydrogen-bond acceptors (Lipinski definition) is 4. The van der Waals surface area contributed by atoms with E-state index in [1.165, 1.54) is 23.1 Å². The van der Waals surface area contributed by atoms with E-state index in [0.29, 0.717) is 6.07 Å². The summed E-state index contributed by atoms with van der Waals surface area (Å²) in [5.74, 6) is -4.10. The predicted molar refractivity (Wildman–Crippen MR) is 100 cm³/mol. The van der Waals surface area contributed by atoms with Crippen LogP contribution in [-0.4, -0.2) is 62.2 Å². The third-order valence-electron chi connectivity index (χ3n) is 4.62. The maximum absolute atomic E-state index is 13.9. The van der Waals surface area contributed by atoms with Crippen molar-refractivity contribution in [1.82, 2.24) is 14.5 Å². The lowest BCUT2D eigenvalue weighted by Crippen LogP contribution is -2.52. The van der Waals surface area contributed by atoms with E-state index in [1.54, 1.807) is 0 Å². The number of benzene rings is 2. The Morgan fingerprint density at radius 2 is 1.60 bits per heavy atom. The lowest BCUT2D eigenvalue weighted by atomic mass is 10.2. The predicted octanol–water partition coefficient (Wildman–Crippen LogP) is 1.37. The first-order valence-corrected chi connectivity index (χ1v) is 10.4. The fourth-order valence-corrected chi connectivity index (χ4v) is 4.49. The molecular formula is C19H18F3N3O4S. The summed E-state index contributed by atoms with van der Waals surface area (Å²) in [4.78, 5) is 25.2. The second kappa shape index (κ2) is 8.84. The quantitative estimate of drug-likeness (QED) is 0.760. The maximum Gasteiger partial charge on any atom is 0.254 e. The van der Waals surface area contributed by atoms with Gasteiger partial charge >= 0.3 is 0 Å². The van der Waals surface area contributed by atoms with E-state index in [-0.39, 0.29) is 26.2 Å². The molecule has 30 heavy (non-hydrogen) atoms. The molecule has 1 aliphatic rings. The third-order valence-corrected chi connectivity index (χ3v) is 6.55. The zero-order valence-electron chi connectivity index (χ0n) is 15.6. The summed E-state index contributed by atoms with van der Waals surface area (Å²) >= 11 is 0. The first kappa shape index (κ1) is 21.8. The van der Waals surface area contributed by atoms with E-state index in [4.69, 9.17) is 0 Å². The molecule has 2 aromatic carbocycles. The molecule has 2 aromatic rings. The van der Waals surface area contributed by atoms with E-state index < -0.39 is 56.3 Å². The lowest BCUT2D eigenvalue weighted by Gasteiger charge is -2.34. The number of amides is 2. The molecule has 1 N–H and O–H groups in total. The molecule has 160 valence electrons. The highest BCUT2D eigenvalue weighted by atomic mass is 32.2. The van der Waals surface area contributed by atoms with Crippen LogP contribution in [0.15, 0.2) is 47.4 Å². The largest absolute Gasteiger partial charge is 0.343 e. The summed E-state index contributed by atoms with van der Waals surface area (Å²) < 4.78 is 66.6. The van der Waals surface area contributed by atoms with Gasteiger partial charge in [-0.1, -0.05) is 12.1 Å². The van der Waals surface area contributed by atoms with Gasteiger partial charge in [0.25, 0.3) is 5.91 Å². The van der Waals surface area contributed by atoms with Crippen molar-refractivity contribution < 1.29 is 31.2 Å². The highest BCUT2D eigenvalue weighted by molar-refractivity contribution is 7.89. The fraction of sp³-hybridized carbons (Fsp3) is 0.263. The van der Waals surface area contributed by atoms with Crippen LogP contribution in [0.2, 0.25) is 0 Å². The number of halogens is 3. The maximum atomic E-state index is 13.9. The van der Waals surface area contributed by atoms with Crippen LogP contribution < -0.4 is 5.32 Å². The van der Waals surface area contributed by atoms with Crippen LogP contribution in [0, 0.1) is 17.5 Å². The van der Waals surface area contributed by atoms with Gasteiger partial charge < -0.3 is 10.2 Å². The van der Waals surface area contributed by atoms with Gasteiger partial charge in [0.15, 0.2) is 0 Å². The van der Waals surface area contributed by atoms with Gasteiger partial charge in [-0.25, -0.2) is 21.6 Å². The average Bonchev–Trinajstić information content (AvgIpc) is 2.72. The number of rotatable bonds is 5. The second-order valence-electron chi connectivity index (χ2n) is 6.52. The molecule has 3 rings (SSSR count). The molecule has 0 saturated carbocycles. The highest BCUT2D eigenvalue weighted by Crippen LogP contribution is 2.20. The normalized spacial score (nSPS) is 15.1. The summed E-state index contributed by atoms with van der Waals surface area (Å²) in [5.41, 5.74) is -0.398. The first-order valence-electron chi connectivity index (χ1n) is 8.96. The molecule has 1 saturated heterocycles. The van der Waals surface area contributed by atoms with Crippen molar-refractivity contribution in [3.8, 4) is 0 Å². The highest BCUT2D eigenvalue weighted by Gasteiger charge is 2.31. The number of carbonyl (C=O) groups excluding carboxylic acids is 2. The Balaban J connectivity index is 1.55. The van der Waals surface area contributed by atoms with Crippen LogP contribution >= 0.6 is 0 Å². The van der Waals surface area contributed by atoms with Gasteiger partial charge in [0, 0.05) is 32.2 Å². The van der Waals surface area contributed by atoms with Gasteiger partial charge in [-0.2, -0.15) is 4.31 Å². The summed E-state index contributed by atoms with van der Waals surface area (Å²) in [5, 5.41) is 2.26. The standard InChI is InChI=1S/C19H18F3N3O4S/c20-13-5-6-14(16(22)11-13)19(27)23-12-18(26)24-7-9-25(10-8-24)30(28,29)17-4-2-1-3-15(17)21/h1-6,11H,7-10,12H2,(H,23,27). The molecule has 1 heterocycles. The second-order valence-corrected chi connectivity index (χ2v) is 8.43. The van der Waals surface area contributed by atoms with E-state index in [1.807, 2.05) is 0 Å². The molecule has 0 aromatic heterocycles. The van der Waals surface area contributed by atoms with Crippen molar-refractivity contribution in [3.63, 3.8) is 0 Å². The first-order chi connectivity index (χ1) is 14.2. The molecule has 0 radical (unpaired) electrons. The Morgan fingerprint density at radius 1 is 0.933 bits per heavy atom. The Labute approximate surface area is 171 Å². The van der Waals surface area contributed by atoms with Crippen molar-refractivity contribution in [3.05, 3.63) is 65.5 Å². The van der Waals surface area contributed by atoms with Gasteiger partial charge in [-0.3, -0.25) is 9.59 Å². The summed E-state index contributed by atoms with van der Waals surface area (Å²) in [7, 11) is -4.03. The Morgan fingerprint density at radius 3 is 2.23 bits per heavy atom. The molecule has 0 unspecified atom stereocenters. The smallest absolute Gasteiger partial charge is 0.254 e. The monoisotopic (exact) mass is 441 g/mol. The lowest BCUT2D eigenvalue weighted by molar-refractivity contribution is -0.131. The number of nitrogens with zero attached hydrogens (tertiary/aromatic N) is 2. The van der Waals surface area contributed by atoms with E-state index in [0.717, 1.165) is 22.5 Å². The molecular weight excluding hydrogens is 423 g/mol. The zero-order valence-corrected chi connectivity index (χ0v) is 16.5. The summed E-state index contributed by atoms with van der Waals surface area (Å²) in [6.07, 6.45) is 0. The topological polar surface area (TPSA) is 86.8 Å². The van der Waals surface area contributed by atoms with Crippen molar-refractivity contribution in [1.29, 1.82) is 0 Å². The molecule has 2 amide bonds. The molecule has 0 spiro atoms. The van der Waals surface area contributed by atoms with Gasteiger partial charge in [-0.15, -0.1) is 0 Å². The molecule has 0 atom stereocenters. The van der Waals surface area contributed by atoms with Crippen LogP contribution in [0.3, 0.4) is 0 Å². The number of piperazine rings is 1. The van der Waals surface area contributed by atoms with Gasteiger partial charge in [-0.05, 0) is 24.3 Å². The molecule has 7 nitrogen and oxygen atoms in total. The van der Waals surface area contributed by atoms with Crippen LogP contribution in [0.1, 0.15) is 10.4 Å². The van der Waals surface area contributed by atoms with Crippen molar-refractivity contribution in [2.24, 2.45) is 0 Å². The SMILES string of the molecule is O=C(NCC(=O)N1CCN(S(=O)(=O)c2ccccc2F)CC1)c1ccc(F)cc1F. The van der Waals surface area contributed by atoms with Crippen LogP contribution in [0.25, 0.3) is 0 Å². The molecule has 0 aliphatic carbocycles. The van der Waals surface area contributed by atoms with Gasteiger partial charge in [0.2, 0.25) is 15.9 Å². The number of hydrogen-bond donors (Lipinski definition) is 1. The fourth-order valence-electron chi connectivity index (χ4n) is 3.01. The minimum atomic E-state index is -4.03. The Hall–Kier alpha value is -2.92. The van der Waals surface area contributed by atoms with E-state index >= 15 is 0 Å². The summed E-state index contributed by atoms with van der Waals surface area (Å²) in [6, 6.07) is 7.49.